The quantitative estimate of drug-likeness (QED) is 0.862. The standard InChI is InChI=1S/C18H27N3/c1-2-13-21-16-10-6-5-9-15(16)20-17(21)14-18(19)11-7-3-4-8-12-18/h5-6,9-10H,2-4,7-8,11-14,19H2,1H3. The van der Waals surface area contributed by atoms with Gasteiger partial charge in [0.15, 0.2) is 0 Å². The average molecular weight is 285 g/mol. The van der Waals surface area contributed by atoms with Gasteiger partial charge in [-0.05, 0) is 31.4 Å². The monoisotopic (exact) mass is 285 g/mol. The molecule has 0 aliphatic heterocycles. The zero-order valence-electron chi connectivity index (χ0n) is 13.1. The molecule has 3 heteroatoms. The SMILES string of the molecule is CCCn1c(CC2(N)CCCCCC2)nc2ccccc21. The molecule has 0 radical (unpaired) electrons. The molecule has 1 heterocycles. The van der Waals surface area contributed by atoms with Gasteiger partial charge in [0.1, 0.15) is 5.82 Å². The topological polar surface area (TPSA) is 43.8 Å². The normalized spacial score (nSPS) is 18.8. The van der Waals surface area contributed by atoms with Crippen molar-refractivity contribution in [1.82, 2.24) is 9.55 Å². The second-order valence-corrected chi connectivity index (χ2v) is 6.62. The van der Waals surface area contributed by atoms with Gasteiger partial charge < -0.3 is 10.3 Å². The highest BCUT2D eigenvalue weighted by Crippen LogP contribution is 2.29. The van der Waals surface area contributed by atoms with E-state index in [0.717, 1.165) is 37.7 Å². The molecule has 1 aliphatic rings. The van der Waals surface area contributed by atoms with Crippen molar-refractivity contribution in [2.75, 3.05) is 0 Å². The molecule has 1 aromatic carbocycles. The first-order chi connectivity index (χ1) is 10.2. The van der Waals surface area contributed by atoms with Crippen molar-refractivity contribution in [1.29, 1.82) is 0 Å². The van der Waals surface area contributed by atoms with E-state index >= 15 is 0 Å². The average Bonchev–Trinajstić information content (AvgIpc) is 2.66. The molecule has 3 rings (SSSR count). The fourth-order valence-corrected chi connectivity index (χ4v) is 3.66. The smallest absolute Gasteiger partial charge is 0.111 e. The van der Waals surface area contributed by atoms with Crippen LogP contribution >= 0.6 is 0 Å². The van der Waals surface area contributed by atoms with Crippen LogP contribution in [0.3, 0.4) is 0 Å². The van der Waals surface area contributed by atoms with Gasteiger partial charge in [-0.2, -0.15) is 0 Å². The zero-order valence-corrected chi connectivity index (χ0v) is 13.1. The number of nitrogens with zero attached hydrogens (tertiary/aromatic N) is 2. The fourth-order valence-electron chi connectivity index (χ4n) is 3.66. The van der Waals surface area contributed by atoms with E-state index in [1.165, 1.54) is 37.0 Å². The van der Waals surface area contributed by atoms with Crippen LogP contribution in [0.15, 0.2) is 24.3 Å². The first kappa shape index (κ1) is 14.6. The van der Waals surface area contributed by atoms with Crippen molar-refractivity contribution in [3.63, 3.8) is 0 Å². The van der Waals surface area contributed by atoms with Crippen molar-refractivity contribution in [2.45, 2.75) is 70.4 Å². The third-order valence-electron chi connectivity index (χ3n) is 4.79. The maximum Gasteiger partial charge on any atom is 0.111 e. The number of rotatable bonds is 4. The predicted molar refractivity (Wildman–Crippen MR) is 88.3 cm³/mol. The van der Waals surface area contributed by atoms with Crippen LogP contribution in [0.5, 0.6) is 0 Å². The van der Waals surface area contributed by atoms with Crippen LogP contribution in [0, 0.1) is 0 Å². The Kier molecular flexibility index (Phi) is 4.29. The summed E-state index contributed by atoms with van der Waals surface area (Å²) >= 11 is 0. The maximum absolute atomic E-state index is 6.72. The lowest BCUT2D eigenvalue weighted by Gasteiger charge is -2.28. The molecule has 2 aromatic rings. The number of benzene rings is 1. The third-order valence-corrected chi connectivity index (χ3v) is 4.79. The molecule has 1 aromatic heterocycles. The molecule has 21 heavy (non-hydrogen) atoms. The van der Waals surface area contributed by atoms with Gasteiger partial charge >= 0.3 is 0 Å². The van der Waals surface area contributed by atoms with Gasteiger partial charge in [0.05, 0.1) is 11.0 Å². The number of para-hydroxylation sites is 2. The van der Waals surface area contributed by atoms with Crippen molar-refractivity contribution in [3.8, 4) is 0 Å². The number of aromatic nitrogens is 2. The molecule has 0 saturated heterocycles. The Morgan fingerprint density at radius 1 is 1.14 bits per heavy atom. The highest BCUT2D eigenvalue weighted by atomic mass is 15.1. The fraction of sp³-hybridized carbons (Fsp3) is 0.611. The molecular weight excluding hydrogens is 258 g/mol. The molecule has 1 aliphatic carbocycles. The Hall–Kier alpha value is -1.35. The third kappa shape index (κ3) is 3.13. The Bertz CT molecular complexity index is 592. The van der Waals surface area contributed by atoms with Gasteiger partial charge in [0.2, 0.25) is 0 Å². The van der Waals surface area contributed by atoms with E-state index in [1.54, 1.807) is 0 Å². The minimum absolute atomic E-state index is 0.0522. The molecule has 0 atom stereocenters. The van der Waals surface area contributed by atoms with E-state index in [0.29, 0.717) is 0 Å². The van der Waals surface area contributed by atoms with Crippen LogP contribution in [-0.4, -0.2) is 15.1 Å². The van der Waals surface area contributed by atoms with Crippen molar-refractivity contribution < 1.29 is 0 Å². The lowest BCUT2D eigenvalue weighted by Crippen LogP contribution is -2.42. The summed E-state index contributed by atoms with van der Waals surface area (Å²) in [5, 5.41) is 0. The molecule has 0 amide bonds. The summed E-state index contributed by atoms with van der Waals surface area (Å²) < 4.78 is 2.38. The molecule has 0 unspecified atom stereocenters. The molecule has 0 bridgehead atoms. The molecule has 1 saturated carbocycles. The van der Waals surface area contributed by atoms with E-state index in [1.807, 2.05) is 0 Å². The summed E-state index contributed by atoms with van der Waals surface area (Å²) in [7, 11) is 0. The van der Waals surface area contributed by atoms with Crippen LogP contribution in [0.2, 0.25) is 0 Å². The molecule has 114 valence electrons. The van der Waals surface area contributed by atoms with Crippen LogP contribution in [-0.2, 0) is 13.0 Å². The number of imidazole rings is 1. The summed E-state index contributed by atoms with van der Waals surface area (Å²) in [6.07, 6.45) is 9.54. The van der Waals surface area contributed by atoms with E-state index in [4.69, 9.17) is 10.7 Å². The van der Waals surface area contributed by atoms with Crippen molar-refractivity contribution in [2.24, 2.45) is 5.73 Å². The number of nitrogens with two attached hydrogens (primary N) is 1. The first-order valence-corrected chi connectivity index (χ1v) is 8.45. The van der Waals surface area contributed by atoms with Crippen molar-refractivity contribution >= 4 is 11.0 Å². The number of hydrogen-bond donors (Lipinski definition) is 1. The predicted octanol–water partition coefficient (Wildman–Crippen LogP) is 4.04. The van der Waals surface area contributed by atoms with Crippen LogP contribution in [0.4, 0.5) is 0 Å². The summed E-state index contributed by atoms with van der Waals surface area (Å²) in [6.45, 7) is 3.26. The van der Waals surface area contributed by atoms with Gasteiger partial charge in [-0.25, -0.2) is 4.98 Å². The summed E-state index contributed by atoms with van der Waals surface area (Å²) in [6, 6.07) is 8.46. The van der Waals surface area contributed by atoms with Crippen LogP contribution in [0.1, 0.15) is 57.7 Å². The van der Waals surface area contributed by atoms with E-state index in [9.17, 15) is 0 Å². The maximum atomic E-state index is 6.72. The lowest BCUT2D eigenvalue weighted by molar-refractivity contribution is 0.357. The molecular formula is C18H27N3. The zero-order chi connectivity index (χ0) is 14.7. The largest absolute Gasteiger partial charge is 0.328 e. The van der Waals surface area contributed by atoms with Gasteiger partial charge in [0.25, 0.3) is 0 Å². The molecule has 3 nitrogen and oxygen atoms in total. The number of fused-ring (bicyclic) bond motifs is 1. The number of aryl methyl sites for hydroxylation is 1. The lowest BCUT2D eigenvalue weighted by atomic mass is 9.87. The minimum atomic E-state index is -0.0522. The summed E-state index contributed by atoms with van der Waals surface area (Å²) in [4.78, 5) is 4.88. The van der Waals surface area contributed by atoms with Crippen molar-refractivity contribution in [3.05, 3.63) is 30.1 Å². The molecule has 2 N–H and O–H groups in total. The van der Waals surface area contributed by atoms with Gasteiger partial charge in [0, 0.05) is 18.5 Å². The second kappa shape index (κ2) is 6.18. The van der Waals surface area contributed by atoms with E-state index in [-0.39, 0.29) is 5.54 Å². The molecule has 1 fully saturated rings. The second-order valence-electron chi connectivity index (χ2n) is 6.62. The highest BCUT2D eigenvalue weighted by Gasteiger charge is 2.28. The minimum Gasteiger partial charge on any atom is -0.328 e. The Balaban J connectivity index is 1.93. The Labute approximate surface area is 127 Å². The summed E-state index contributed by atoms with van der Waals surface area (Å²) in [5.74, 6) is 1.18. The highest BCUT2D eigenvalue weighted by molar-refractivity contribution is 5.75. The Morgan fingerprint density at radius 3 is 2.57 bits per heavy atom. The van der Waals surface area contributed by atoms with Gasteiger partial charge in [-0.3, -0.25) is 0 Å². The van der Waals surface area contributed by atoms with E-state index < -0.39 is 0 Å². The van der Waals surface area contributed by atoms with Crippen LogP contribution < -0.4 is 5.73 Å². The Morgan fingerprint density at radius 2 is 1.86 bits per heavy atom. The van der Waals surface area contributed by atoms with E-state index in [2.05, 4.69) is 35.8 Å². The van der Waals surface area contributed by atoms with Gasteiger partial charge in [-0.15, -0.1) is 0 Å². The van der Waals surface area contributed by atoms with Gasteiger partial charge in [-0.1, -0.05) is 44.7 Å². The van der Waals surface area contributed by atoms with Crippen LogP contribution in [0.25, 0.3) is 11.0 Å². The first-order valence-electron chi connectivity index (χ1n) is 8.45. The molecule has 0 spiro atoms. The summed E-state index contributed by atoms with van der Waals surface area (Å²) in [5.41, 5.74) is 9.04. The number of hydrogen-bond acceptors (Lipinski definition) is 2.